The van der Waals surface area contributed by atoms with Gasteiger partial charge in [0.15, 0.2) is 11.5 Å². The van der Waals surface area contributed by atoms with Gasteiger partial charge >= 0.3 is 0 Å². The smallest absolute Gasteiger partial charge is 0.225 e. The topological polar surface area (TPSA) is 116 Å². The Labute approximate surface area is 259 Å². The molecule has 1 fully saturated rings. The van der Waals surface area contributed by atoms with E-state index >= 15 is 0 Å². The number of anilines is 3. The molecule has 0 spiro atoms. The van der Waals surface area contributed by atoms with E-state index in [-0.39, 0.29) is 6.04 Å². The molecule has 4 aromatic rings. The van der Waals surface area contributed by atoms with Crippen molar-refractivity contribution in [1.29, 1.82) is 0 Å². The molecule has 0 radical (unpaired) electrons. The number of rotatable bonds is 14. The average molecular weight is 604 g/mol. The average Bonchev–Trinajstić information content (AvgIpc) is 3.54. The van der Waals surface area contributed by atoms with Crippen LogP contribution >= 0.6 is 0 Å². The molecule has 2 aromatic carbocycles. The fourth-order valence-electron chi connectivity index (χ4n) is 5.46. The molecule has 0 bridgehead atoms. The Hall–Kier alpha value is -4.29. The first-order valence-electron chi connectivity index (χ1n) is 15.0. The van der Waals surface area contributed by atoms with Crippen molar-refractivity contribution in [2.75, 3.05) is 84.2 Å². The summed E-state index contributed by atoms with van der Waals surface area (Å²) in [6.07, 6.45) is 5.41. The fourth-order valence-corrected chi connectivity index (χ4v) is 5.46. The minimum Gasteiger partial charge on any atom is -0.493 e. The molecule has 0 aliphatic carbocycles. The van der Waals surface area contributed by atoms with Gasteiger partial charge in [0.2, 0.25) is 5.95 Å². The second-order valence-corrected chi connectivity index (χ2v) is 11.5. The van der Waals surface area contributed by atoms with Crippen molar-refractivity contribution in [3.63, 3.8) is 0 Å². The summed E-state index contributed by atoms with van der Waals surface area (Å²) in [4.78, 5) is 23.7. The number of piperidine rings is 1. The highest BCUT2D eigenvalue weighted by Crippen LogP contribution is 2.36. The molecule has 2 aromatic heterocycles. The Balaban J connectivity index is 1.31. The zero-order chi connectivity index (χ0) is 31.1. The van der Waals surface area contributed by atoms with Crippen molar-refractivity contribution >= 4 is 28.4 Å². The number of likely N-dealkylation sites (N-methyl/N-ethyl adjacent to an activating group) is 1. The minimum absolute atomic E-state index is 0.262. The van der Waals surface area contributed by atoms with E-state index in [9.17, 15) is 0 Å². The maximum absolute atomic E-state index is 6.26. The third kappa shape index (κ3) is 7.61. The molecule has 3 heterocycles. The number of imidazole rings is 1. The van der Waals surface area contributed by atoms with Gasteiger partial charge in [0, 0.05) is 75.2 Å². The number of likely N-dealkylation sites (tertiary alicyclic amines) is 1. The first-order chi connectivity index (χ1) is 21.3. The number of ether oxygens (including phenoxy) is 3. The Kier molecular flexibility index (Phi) is 10.2. The molecule has 1 saturated heterocycles. The molecule has 44 heavy (non-hydrogen) atoms. The van der Waals surface area contributed by atoms with Gasteiger partial charge in [-0.3, -0.25) is 4.90 Å². The second-order valence-electron chi connectivity index (χ2n) is 11.5. The van der Waals surface area contributed by atoms with E-state index in [1.54, 1.807) is 26.7 Å². The van der Waals surface area contributed by atoms with Crippen LogP contribution in [0.15, 0.2) is 42.9 Å². The van der Waals surface area contributed by atoms with Crippen LogP contribution in [-0.4, -0.2) is 104 Å². The van der Waals surface area contributed by atoms with Gasteiger partial charge in [0.25, 0.3) is 0 Å². The third-order valence-corrected chi connectivity index (χ3v) is 7.89. The number of fused-ring (bicyclic) bond motifs is 1. The molecule has 0 unspecified atom stereocenters. The molecule has 0 atom stereocenters. The summed E-state index contributed by atoms with van der Waals surface area (Å²) in [7, 11) is 11.6. The lowest BCUT2D eigenvalue weighted by molar-refractivity contribution is 0.205. The fraction of sp³-hybridized carbons (Fsp3) is 0.469. The number of hydrogen-bond acceptors (Lipinski definition) is 11. The highest BCUT2D eigenvalue weighted by Gasteiger charge is 2.24. The molecular formula is C32H45N9O3. The first kappa shape index (κ1) is 31.1. The number of nitrogens with one attached hydrogen (secondary N) is 3. The van der Waals surface area contributed by atoms with Crippen molar-refractivity contribution in [3.05, 3.63) is 54.1 Å². The van der Waals surface area contributed by atoms with E-state index in [1.165, 1.54) is 11.3 Å². The number of hydrogen-bond donors (Lipinski definition) is 3. The monoisotopic (exact) mass is 603 g/mol. The molecule has 12 nitrogen and oxygen atoms in total. The summed E-state index contributed by atoms with van der Waals surface area (Å²) in [6.45, 7) is 4.83. The number of methoxy groups -OCH3 is 2. The quantitative estimate of drug-likeness (QED) is 0.194. The molecular weight excluding hydrogens is 558 g/mol. The zero-order valence-corrected chi connectivity index (χ0v) is 26.7. The van der Waals surface area contributed by atoms with Gasteiger partial charge in [-0.1, -0.05) is 6.07 Å². The molecule has 0 amide bonds. The lowest BCUT2D eigenvalue weighted by atomic mass is 10.0. The number of nitrogens with zero attached hydrogens (tertiary/aromatic N) is 6. The van der Waals surface area contributed by atoms with Gasteiger partial charge < -0.3 is 39.6 Å². The van der Waals surface area contributed by atoms with Crippen molar-refractivity contribution in [2.24, 2.45) is 0 Å². The lowest BCUT2D eigenvalue weighted by Gasteiger charge is -2.34. The van der Waals surface area contributed by atoms with Gasteiger partial charge in [-0.2, -0.15) is 4.98 Å². The van der Waals surface area contributed by atoms with Gasteiger partial charge in [-0.15, -0.1) is 0 Å². The minimum atomic E-state index is 0.262. The summed E-state index contributed by atoms with van der Waals surface area (Å²) < 4.78 is 17.4. The van der Waals surface area contributed by atoms with Gasteiger partial charge in [0.05, 0.1) is 38.3 Å². The van der Waals surface area contributed by atoms with Crippen LogP contribution in [0.2, 0.25) is 0 Å². The number of H-pyrrole nitrogens is 1. The molecule has 236 valence electrons. The van der Waals surface area contributed by atoms with Gasteiger partial charge in [0.1, 0.15) is 18.2 Å². The van der Waals surface area contributed by atoms with Crippen LogP contribution in [0, 0.1) is 0 Å². The van der Waals surface area contributed by atoms with Crippen molar-refractivity contribution in [3.8, 4) is 17.2 Å². The van der Waals surface area contributed by atoms with Crippen LogP contribution in [0.4, 0.5) is 17.5 Å². The third-order valence-electron chi connectivity index (χ3n) is 7.89. The van der Waals surface area contributed by atoms with E-state index in [0.29, 0.717) is 30.6 Å². The van der Waals surface area contributed by atoms with E-state index in [4.69, 9.17) is 24.2 Å². The SMILES string of the molecule is COc1cc2nc(NCc3cnc[nH]3)nc(NC3CCN(Cc4c(OCCN(C)C)cccc4N(C)C)CC3)c2cc1OC. The number of aromatic nitrogens is 4. The summed E-state index contributed by atoms with van der Waals surface area (Å²) in [5, 5.41) is 7.95. The molecule has 3 N–H and O–H groups in total. The predicted octanol–water partition coefficient (Wildman–Crippen LogP) is 4.07. The van der Waals surface area contributed by atoms with Crippen LogP contribution in [0.1, 0.15) is 24.1 Å². The Bertz CT molecular complexity index is 1500. The van der Waals surface area contributed by atoms with Crippen molar-refractivity contribution in [2.45, 2.75) is 32.0 Å². The number of aromatic amines is 1. The predicted molar refractivity (Wildman–Crippen MR) is 175 cm³/mol. The highest BCUT2D eigenvalue weighted by atomic mass is 16.5. The van der Waals surface area contributed by atoms with E-state index in [0.717, 1.165) is 67.2 Å². The van der Waals surface area contributed by atoms with Gasteiger partial charge in [-0.05, 0) is 45.1 Å². The molecule has 5 rings (SSSR count). The van der Waals surface area contributed by atoms with Crippen molar-refractivity contribution < 1.29 is 14.2 Å². The first-order valence-corrected chi connectivity index (χ1v) is 15.0. The summed E-state index contributed by atoms with van der Waals surface area (Å²) >= 11 is 0. The van der Waals surface area contributed by atoms with Crippen LogP contribution in [0.25, 0.3) is 10.9 Å². The standard InChI is InChI=1S/C32H45N9O3/c1-39(2)14-15-44-28-9-7-8-27(40(3)4)25(28)20-41-12-10-22(11-13-41)36-31-24-16-29(42-5)30(43-6)17-26(24)37-32(38-31)34-19-23-18-33-21-35-23/h7-9,16-18,21-22H,10-15,19-20H2,1-6H3,(H,33,35)(H2,34,36,37,38). The van der Waals surface area contributed by atoms with E-state index in [2.05, 4.69) is 81.7 Å². The zero-order valence-electron chi connectivity index (χ0n) is 26.7. The van der Waals surface area contributed by atoms with E-state index in [1.807, 2.05) is 12.1 Å². The highest BCUT2D eigenvalue weighted by molar-refractivity contribution is 5.92. The van der Waals surface area contributed by atoms with Crippen LogP contribution < -0.4 is 29.7 Å². The maximum Gasteiger partial charge on any atom is 0.225 e. The lowest BCUT2D eigenvalue weighted by Crippen LogP contribution is -2.39. The van der Waals surface area contributed by atoms with Crippen molar-refractivity contribution in [1.82, 2.24) is 29.7 Å². The Morgan fingerprint density at radius 1 is 1.00 bits per heavy atom. The van der Waals surface area contributed by atoms with Crippen LogP contribution in [0.5, 0.6) is 17.2 Å². The second kappa shape index (κ2) is 14.5. The van der Waals surface area contributed by atoms with Crippen LogP contribution in [0.3, 0.4) is 0 Å². The Morgan fingerprint density at radius 3 is 2.45 bits per heavy atom. The summed E-state index contributed by atoms with van der Waals surface area (Å²) in [6, 6.07) is 10.4. The van der Waals surface area contributed by atoms with Gasteiger partial charge in [-0.25, -0.2) is 9.97 Å². The van der Waals surface area contributed by atoms with Crippen LogP contribution in [-0.2, 0) is 13.1 Å². The normalized spacial score (nSPS) is 14.2. The molecule has 0 saturated carbocycles. The molecule has 1 aliphatic rings. The largest absolute Gasteiger partial charge is 0.493 e. The summed E-state index contributed by atoms with van der Waals surface area (Å²) in [5.41, 5.74) is 4.15. The number of benzene rings is 2. The van der Waals surface area contributed by atoms with E-state index < -0.39 is 0 Å². The molecule has 12 heteroatoms. The Morgan fingerprint density at radius 2 is 1.77 bits per heavy atom. The summed E-state index contributed by atoms with van der Waals surface area (Å²) in [5.74, 6) is 3.53. The maximum atomic E-state index is 6.26. The molecule has 1 aliphatic heterocycles.